The van der Waals surface area contributed by atoms with Crippen molar-refractivity contribution in [2.75, 3.05) is 0 Å². The van der Waals surface area contributed by atoms with E-state index in [0.717, 1.165) is 23.0 Å². The summed E-state index contributed by atoms with van der Waals surface area (Å²) in [5, 5.41) is 8.37. The monoisotopic (exact) mass is 199 g/mol. The molecule has 15 heavy (non-hydrogen) atoms. The zero-order valence-corrected chi connectivity index (χ0v) is 8.66. The molecule has 0 fully saturated rings. The molecule has 1 aromatic heterocycles. The second kappa shape index (κ2) is 4.13. The third kappa shape index (κ3) is 1.71. The van der Waals surface area contributed by atoms with Crippen LogP contribution in [0.1, 0.15) is 24.7 Å². The van der Waals surface area contributed by atoms with Crippen molar-refractivity contribution in [2.24, 2.45) is 0 Å². The highest BCUT2D eigenvalue weighted by Gasteiger charge is 2.08. The highest BCUT2D eigenvalue weighted by molar-refractivity contribution is 5.95. The van der Waals surface area contributed by atoms with Crippen molar-refractivity contribution in [2.45, 2.75) is 13.3 Å². The molecule has 0 aliphatic carbocycles. The Balaban J connectivity index is 2.66. The van der Waals surface area contributed by atoms with Crippen LogP contribution in [0.4, 0.5) is 0 Å². The van der Waals surface area contributed by atoms with Gasteiger partial charge in [0.1, 0.15) is 5.58 Å². The number of hydrogen-bond acceptors (Lipinski definition) is 2. The minimum atomic E-state index is 0.626. The molecule has 0 saturated carbocycles. The van der Waals surface area contributed by atoms with Gasteiger partial charge in [-0.15, -0.1) is 0 Å². The fourth-order valence-corrected chi connectivity index (χ4v) is 1.60. The number of rotatable bonds is 3. The van der Waals surface area contributed by atoms with E-state index in [9.17, 15) is 0 Å². The molecule has 0 atom stereocenters. The van der Waals surface area contributed by atoms with E-state index in [2.05, 4.69) is 13.0 Å². The molecular weight excluding hydrogens is 186 g/mol. The van der Waals surface area contributed by atoms with Gasteiger partial charge in [0, 0.05) is 10.9 Å². The van der Waals surface area contributed by atoms with Crippen molar-refractivity contribution in [3.8, 4) is 0 Å². The summed E-state index contributed by atoms with van der Waals surface area (Å²) in [6, 6.07) is 7.86. The van der Waals surface area contributed by atoms with Gasteiger partial charge in [0.15, 0.2) is 5.76 Å². The standard InChI is InChI=1S/C13H13NO/c1-2-3-6-11-10-7-4-5-8-12(10)15-13(11)9-14/h3-9,14H,2H2,1H3/b6-3-,14-9?. The molecule has 0 amide bonds. The van der Waals surface area contributed by atoms with E-state index in [1.807, 2.05) is 30.3 Å². The number of fused-ring (bicyclic) bond motifs is 1. The second-order valence-electron chi connectivity index (χ2n) is 3.33. The minimum absolute atomic E-state index is 0.626. The van der Waals surface area contributed by atoms with E-state index in [1.165, 1.54) is 6.21 Å². The Kier molecular flexibility index (Phi) is 2.68. The van der Waals surface area contributed by atoms with Crippen molar-refractivity contribution in [1.82, 2.24) is 0 Å². The third-order valence-electron chi connectivity index (χ3n) is 2.31. The smallest absolute Gasteiger partial charge is 0.152 e. The number of furan rings is 1. The third-order valence-corrected chi connectivity index (χ3v) is 2.31. The van der Waals surface area contributed by atoms with E-state index in [0.29, 0.717) is 5.76 Å². The summed E-state index contributed by atoms with van der Waals surface area (Å²) in [6.45, 7) is 2.09. The predicted octanol–water partition coefficient (Wildman–Crippen LogP) is 3.85. The molecule has 1 aromatic carbocycles. The lowest BCUT2D eigenvalue weighted by Gasteiger charge is -1.89. The summed E-state index contributed by atoms with van der Waals surface area (Å²) in [4.78, 5) is 0. The normalized spacial score (nSPS) is 11.3. The summed E-state index contributed by atoms with van der Waals surface area (Å²) in [5.41, 5.74) is 1.84. The van der Waals surface area contributed by atoms with Crippen molar-refractivity contribution in [3.63, 3.8) is 0 Å². The molecule has 0 aliphatic heterocycles. The molecule has 0 unspecified atom stereocenters. The van der Waals surface area contributed by atoms with Crippen LogP contribution in [-0.2, 0) is 0 Å². The molecule has 2 aromatic rings. The van der Waals surface area contributed by atoms with Crippen LogP contribution in [0.25, 0.3) is 17.0 Å². The van der Waals surface area contributed by atoms with E-state index < -0.39 is 0 Å². The lowest BCUT2D eigenvalue weighted by molar-refractivity contribution is 0.606. The van der Waals surface area contributed by atoms with E-state index in [-0.39, 0.29) is 0 Å². The van der Waals surface area contributed by atoms with Crippen LogP contribution < -0.4 is 0 Å². The molecule has 2 nitrogen and oxygen atoms in total. The molecule has 1 heterocycles. The topological polar surface area (TPSA) is 37.0 Å². The molecule has 1 N–H and O–H groups in total. The van der Waals surface area contributed by atoms with Crippen molar-refractivity contribution in [1.29, 1.82) is 5.41 Å². The van der Waals surface area contributed by atoms with Crippen LogP contribution in [0, 0.1) is 5.41 Å². The quantitative estimate of drug-likeness (QED) is 0.749. The van der Waals surface area contributed by atoms with Crippen LogP contribution >= 0.6 is 0 Å². The Labute approximate surface area is 88.7 Å². The molecule has 0 saturated heterocycles. The Bertz CT molecular complexity index is 508. The summed E-state index contributed by atoms with van der Waals surface area (Å²) >= 11 is 0. The molecular formula is C13H13NO. The van der Waals surface area contributed by atoms with Crippen molar-refractivity contribution in [3.05, 3.63) is 41.7 Å². The minimum Gasteiger partial charge on any atom is -0.454 e. The van der Waals surface area contributed by atoms with Gasteiger partial charge in [-0.05, 0) is 12.5 Å². The van der Waals surface area contributed by atoms with Gasteiger partial charge in [-0.1, -0.05) is 37.3 Å². The summed E-state index contributed by atoms with van der Waals surface area (Å²) in [6.07, 6.45) is 6.34. The number of hydrogen-bond donors (Lipinski definition) is 1. The maximum Gasteiger partial charge on any atom is 0.152 e. The Hall–Kier alpha value is -1.83. The fourth-order valence-electron chi connectivity index (χ4n) is 1.60. The average Bonchev–Trinajstić information content (AvgIpc) is 2.64. The molecule has 0 spiro atoms. The average molecular weight is 199 g/mol. The number of para-hydroxylation sites is 1. The SMILES string of the molecule is CC/C=C\c1c(C=N)oc2ccccc12. The number of benzene rings is 1. The predicted molar refractivity (Wildman–Crippen MR) is 63.4 cm³/mol. The first-order chi connectivity index (χ1) is 7.36. The van der Waals surface area contributed by atoms with Gasteiger partial charge in [0.25, 0.3) is 0 Å². The van der Waals surface area contributed by atoms with Crippen LogP contribution in [0.15, 0.2) is 34.8 Å². The molecule has 2 heteroatoms. The first-order valence-corrected chi connectivity index (χ1v) is 5.05. The summed E-state index contributed by atoms with van der Waals surface area (Å²) in [7, 11) is 0. The van der Waals surface area contributed by atoms with Crippen LogP contribution in [0.5, 0.6) is 0 Å². The Morgan fingerprint density at radius 3 is 2.87 bits per heavy atom. The van der Waals surface area contributed by atoms with Crippen LogP contribution in [0.2, 0.25) is 0 Å². The van der Waals surface area contributed by atoms with Gasteiger partial charge in [0.05, 0.1) is 6.21 Å². The molecule has 76 valence electrons. The number of allylic oxidation sites excluding steroid dienone is 1. The van der Waals surface area contributed by atoms with Gasteiger partial charge in [-0.25, -0.2) is 0 Å². The zero-order chi connectivity index (χ0) is 10.7. The summed E-state index contributed by atoms with van der Waals surface area (Å²) in [5.74, 6) is 0.626. The van der Waals surface area contributed by atoms with Gasteiger partial charge < -0.3 is 9.83 Å². The van der Waals surface area contributed by atoms with Gasteiger partial charge in [-0.2, -0.15) is 0 Å². The largest absolute Gasteiger partial charge is 0.454 e. The van der Waals surface area contributed by atoms with Gasteiger partial charge in [0.2, 0.25) is 0 Å². The lowest BCUT2D eigenvalue weighted by atomic mass is 10.1. The molecule has 0 aliphatic rings. The van der Waals surface area contributed by atoms with Gasteiger partial charge in [-0.3, -0.25) is 0 Å². The molecule has 0 radical (unpaired) electrons. The first-order valence-electron chi connectivity index (χ1n) is 5.05. The van der Waals surface area contributed by atoms with E-state index in [4.69, 9.17) is 9.83 Å². The second-order valence-corrected chi connectivity index (χ2v) is 3.33. The Morgan fingerprint density at radius 2 is 2.13 bits per heavy atom. The summed E-state index contributed by atoms with van der Waals surface area (Å²) < 4.78 is 5.55. The number of nitrogens with one attached hydrogen (secondary N) is 1. The zero-order valence-electron chi connectivity index (χ0n) is 8.66. The van der Waals surface area contributed by atoms with Crippen molar-refractivity contribution < 1.29 is 4.42 Å². The van der Waals surface area contributed by atoms with E-state index in [1.54, 1.807) is 0 Å². The molecule has 2 rings (SSSR count). The first kappa shape index (κ1) is 9.71. The molecule has 0 bridgehead atoms. The highest BCUT2D eigenvalue weighted by Crippen LogP contribution is 2.25. The van der Waals surface area contributed by atoms with E-state index >= 15 is 0 Å². The Morgan fingerprint density at radius 1 is 1.33 bits per heavy atom. The highest BCUT2D eigenvalue weighted by atomic mass is 16.3. The van der Waals surface area contributed by atoms with Crippen molar-refractivity contribution >= 4 is 23.3 Å². The van der Waals surface area contributed by atoms with Gasteiger partial charge >= 0.3 is 0 Å². The maximum absolute atomic E-state index is 7.30. The fraction of sp³-hybridized carbons (Fsp3) is 0.154. The van der Waals surface area contributed by atoms with Crippen LogP contribution in [0.3, 0.4) is 0 Å². The van der Waals surface area contributed by atoms with Crippen LogP contribution in [-0.4, -0.2) is 6.21 Å². The maximum atomic E-state index is 7.30. The lowest BCUT2D eigenvalue weighted by Crippen LogP contribution is -1.78.